The van der Waals surface area contributed by atoms with Gasteiger partial charge in [-0.05, 0) is 31.5 Å². The summed E-state index contributed by atoms with van der Waals surface area (Å²) in [5.74, 6) is -0.264. The van der Waals surface area contributed by atoms with Crippen molar-refractivity contribution in [2.75, 3.05) is 30.9 Å². The lowest BCUT2D eigenvalue weighted by molar-refractivity contribution is 0.203. The predicted octanol–water partition coefficient (Wildman–Crippen LogP) is 2.66. The molecule has 3 nitrogen and oxygen atoms in total. The van der Waals surface area contributed by atoms with Crippen LogP contribution < -0.4 is 10.6 Å². The van der Waals surface area contributed by atoms with Crippen molar-refractivity contribution in [3.8, 4) is 0 Å². The highest BCUT2D eigenvalue weighted by molar-refractivity contribution is 5.67. The van der Waals surface area contributed by atoms with Gasteiger partial charge in [-0.2, -0.15) is 0 Å². The first-order valence-corrected chi connectivity index (χ1v) is 5.90. The molecule has 0 aromatic heterocycles. The average molecular weight is 240 g/mol. The van der Waals surface area contributed by atoms with Crippen LogP contribution in [0.15, 0.2) is 18.2 Å². The summed E-state index contributed by atoms with van der Waals surface area (Å²) >= 11 is 0. The van der Waals surface area contributed by atoms with Crippen molar-refractivity contribution in [1.82, 2.24) is 0 Å². The first-order chi connectivity index (χ1) is 8.10. The molecular weight excluding hydrogens is 219 g/mol. The van der Waals surface area contributed by atoms with E-state index in [0.717, 1.165) is 12.1 Å². The summed E-state index contributed by atoms with van der Waals surface area (Å²) in [5, 5.41) is 0. The number of rotatable bonds is 6. The van der Waals surface area contributed by atoms with Gasteiger partial charge in [0.05, 0.1) is 18.0 Å². The quantitative estimate of drug-likeness (QED) is 0.777. The molecular formula is C13H21FN2O. The van der Waals surface area contributed by atoms with Gasteiger partial charge in [0, 0.05) is 19.7 Å². The fourth-order valence-electron chi connectivity index (χ4n) is 1.75. The molecule has 1 aromatic rings. The molecule has 96 valence electrons. The van der Waals surface area contributed by atoms with Gasteiger partial charge >= 0.3 is 0 Å². The Morgan fingerprint density at radius 2 is 2.18 bits per heavy atom. The van der Waals surface area contributed by atoms with Crippen molar-refractivity contribution >= 4 is 11.4 Å². The molecule has 1 rings (SSSR count). The zero-order chi connectivity index (χ0) is 12.8. The second-order valence-corrected chi connectivity index (χ2v) is 4.15. The Labute approximate surface area is 102 Å². The molecule has 1 unspecified atom stereocenters. The Balaban J connectivity index is 2.98. The summed E-state index contributed by atoms with van der Waals surface area (Å²) in [6.07, 6.45) is 0.972. The summed E-state index contributed by atoms with van der Waals surface area (Å²) in [7, 11) is 1.66. The molecule has 0 spiro atoms. The van der Waals surface area contributed by atoms with Crippen LogP contribution in [0.4, 0.5) is 15.8 Å². The fourth-order valence-corrected chi connectivity index (χ4v) is 1.75. The number of hydrogen-bond acceptors (Lipinski definition) is 3. The van der Waals surface area contributed by atoms with E-state index < -0.39 is 0 Å². The Morgan fingerprint density at radius 3 is 2.76 bits per heavy atom. The van der Waals surface area contributed by atoms with Gasteiger partial charge in [-0.25, -0.2) is 4.39 Å². The van der Waals surface area contributed by atoms with E-state index in [2.05, 4.69) is 18.7 Å². The summed E-state index contributed by atoms with van der Waals surface area (Å²) in [6, 6.07) is 4.77. The van der Waals surface area contributed by atoms with E-state index in [9.17, 15) is 4.39 Å². The van der Waals surface area contributed by atoms with E-state index in [1.54, 1.807) is 13.2 Å². The van der Waals surface area contributed by atoms with Gasteiger partial charge in [-0.1, -0.05) is 6.92 Å². The number of anilines is 2. The standard InChI is InChI=1S/C13H21FN2O/c1-4-10(2)16(7-8-17-3)13-9-11(14)5-6-12(13)15/h5-6,9-10H,4,7-8,15H2,1-3H3. The second kappa shape index (κ2) is 6.45. The van der Waals surface area contributed by atoms with Gasteiger partial charge in [0.15, 0.2) is 0 Å². The molecule has 0 aliphatic carbocycles. The second-order valence-electron chi connectivity index (χ2n) is 4.15. The Hall–Kier alpha value is -1.29. The summed E-state index contributed by atoms with van der Waals surface area (Å²) < 4.78 is 18.4. The molecule has 0 bridgehead atoms. The third kappa shape index (κ3) is 3.60. The number of methoxy groups -OCH3 is 1. The Morgan fingerprint density at radius 1 is 1.47 bits per heavy atom. The number of ether oxygens (including phenoxy) is 1. The van der Waals surface area contributed by atoms with Crippen molar-refractivity contribution in [3.05, 3.63) is 24.0 Å². The van der Waals surface area contributed by atoms with Crippen LogP contribution in [0.5, 0.6) is 0 Å². The number of nitrogen functional groups attached to an aromatic ring is 1. The number of hydrogen-bond donors (Lipinski definition) is 1. The van der Waals surface area contributed by atoms with Crippen LogP contribution in [0.2, 0.25) is 0 Å². The van der Waals surface area contributed by atoms with Crippen molar-refractivity contribution in [2.45, 2.75) is 26.3 Å². The largest absolute Gasteiger partial charge is 0.397 e. The van der Waals surface area contributed by atoms with E-state index in [4.69, 9.17) is 10.5 Å². The molecule has 0 radical (unpaired) electrons. The number of nitrogens with two attached hydrogens (primary N) is 1. The van der Waals surface area contributed by atoms with E-state index >= 15 is 0 Å². The Kier molecular flexibility index (Phi) is 5.22. The fraction of sp³-hybridized carbons (Fsp3) is 0.538. The average Bonchev–Trinajstić information content (AvgIpc) is 2.33. The molecule has 0 heterocycles. The van der Waals surface area contributed by atoms with E-state index in [-0.39, 0.29) is 5.82 Å². The van der Waals surface area contributed by atoms with E-state index in [0.29, 0.717) is 24.9 Å². The lowest BCUT2D eigenvalue weighted by Crippen LogP contribution is -2.36. The third-order valence-electron chi connectivity index (χ3n) is 2.96. The van der Waals surface area contributed by atoms with Crippen molar-refractivity contribution in [1.29, 1.82) is 0 Å². The van der Waals surface area contributed by atoms with Gasteiger partial charge < -0.3 is 15.4 Å². The van der Waals surface area contributed by atoms with Crippen LogP contribution >= 0.6 is 0 Å². The SMILES string of the molecule is CCC(C)N(CCOC)c1cc(F)ccc1N. The van der Waals surface area contributed by atoms with Crippen LogP contribution in [0.3, 0.4) is 0 Å². The van der Waals surface area contributed by atoms with Crippen molar-refractivity contribution in [3.63, 3.8) is 0 Å². The van der Waals surface area contributed by atoms with Gasteiger partial charge in [0.25, 0.3) is 0 Å². The zero-order valence-electron chi connectivity index (χ0n) is 10.7. The molecule has 2 N–H and O–H groups in total. The van der Waals surface area contributed by atoms with Crippen LogP contribution in [0.1, 0.15) is 20.3 Å². The molecule has 0 aliphatic rings. The minimum atomic E-state index is -0.264. The van der Waals surface area contributed by atoms with Gasteiger partial charge in [-0.3, -0.25) is 0 Å². The highest BCUT2D eigenvalue weighted by Gasteiger charge is 2.15. The molecule has 0 fully saturated rings. The van der Waals surface area contributed by atoms with E-state index in [1.165, 1.54) is 12.1 Å². The summed E-state index contributed by atoms with van der Waals surface area (Å²) in [4.78, 5) is 2.09. The lowest BCUT2D eigenvalue weighted by atomic mass is 10.1. The molecule has 1 atom stereocenters. The van der Waals surface area contributed by atoms with Crippen molar-refractivity contribution < 1.29 is 9.13 Å². The topological polar surface area (TPSA) is 38.5 Å². The summed E-state index contributed by atoms with van der Waals surface area (Å²) in [6.45, 7) is 5.50. The van der Waals surface area contributed by atoms with Crippen LogP contribution in [-0.2, 0) is 4.74 Å². The van der Waals surface area contributed by atoms with Gasteiger partial charge in [0.2, 0.25) is 0 Å². The number of benzene rings is 1. The monoisotopic (exact) mass is 240 g/mol. The molecule has 1 aromatic carbocycles. The van der Waals surface area contributed by atoms with Crippen LogP contribution in [0.25, 0.3) is 0 Å². The molecule has 17 heavy (non-hydrogen) atoms. The van der Waals surface area contributed by atoms with Crippen LogP contribution in [0, 0.1) is 5.82 Å². The first-order valence-electron chi connectivity index (χ1n) is 5.90. The van der Waals surface area contributed by atoms with Gasteiger partial charge in [0.1, 0.15) is 5.82 Å². The first kappa shape index (κ1) is 13.8. The predicted molar refractivity (Wildman–Crippen MR) is 69.8 cm³/mol. The maximum atomic E-state index is 13.3. The normalized spacial score (nSPS) is 12.5. The smallest absolute Gasteiger partial charge is 0.125 e. The minimum Gasteiger partial charge on any atom is -0.397 e. The molecule has 0 saturated heterocycles. The molecule has 0 aliphatic heterocycles. The number of halogens is 1. The Bertz CT molecular complexity index is 357. The van der Waals surface area contributed by atoms with E-state index in [1.807, 2.05) is 0 Å². The number of nitrogens with zero attached hydrogens (tertiary/aromatic N) is 1. The molecule has 0 amide bonds. The maximum Gasteiger partial charge on any atom is 0.125 e. The van der Waals surface area contributed by atoms with Crippen LogP contribution in [-0.4, -0.2) is 26.3 Å². The molecule has 4 heteroatoms. The zero-order valence-corrected chi connectivity index (χ0v) is 10.7. The highest BCUT2D eigenvalue weighted by atomic mass is 19.1. The maximum absolute atomic E-state index is 13.3. The summed E-state index contributed by atoms with van der Waals surface area (Å²) in [5.41, 5.74) is 7.25. The lowest BCUT2D eigenvalue weighted by Gasteiger charge is -2.31. The third-order valence-corrected chi connectivity index (χ3v) is 2.96. The minimum absolute atomic E-state index is 0.264. The van der Waals surface area contributed by atoms with Crippen molar-refractivity contribution in [2.24, 2.45) is 0 Å². The molecule has 0 saturated carbocycles. The highest BCUT2D eigenvalue weighted by Crippen LogP contribution is 2.26. The van der Waals surface area contributed by atoms with Gasteiger partial charge in [-0.15, -0.1) is 0 Å².